The van der Waals surface area contributed by atoms with Gasteiger partial charge in [-0.1, -0.05) is 39.5 Å². The molecule has 2 aliphatic carbocycles. The van der Waals surface area contributed by atoms with E-state index in [0.29, 0.717) is 10.8 Å². The van der Waals surface area contributed by atoms with Gasteiger partial charge in [0.1, 0.15) is 0 Å². The average molecular weight is 375 g/mol. The van der Waals surface area contributed by atoms with E-state index >= 15 is 0 Å². The Morgan fingerprint density at radius 3 is 1.41 bits per heavy atom. The van der Waals surface area contributed by atoms with Crippen LogP contribution in [0, 0.1) is 10.8 Å². The molecular formula is C24H38O3. The molecule has 0 aliphatic heterocycles. The minimum atomic E-state index is -0.335. The van der Waals surface area contributed by atoms with Gasteiger partial charge in [0.2, 0.25) is 5.75 Å². The van der Waals surface area contributed by atoms with Crippen LogP contribution in [-0.2, 0) is 12.8 Å². The fourth-order valence-corrected chi connectivity index (χ4v) is 4.16. The highest BCUT2D eigenvalue weighted by molar-refractivity contribution is 5.57. The van der Waals surface area contributed by atoms with E-state index in [2.05, 4.69) is 13.8 Å². The number of unbranched alkanes of at least 4 members (excludes halogenated alkanes) is 4. The second kappa shape index (κ2) is 8.32. The highest BCUT2D eigenvalue weighted by atomic mass is 16.3. The quantitative estimate of drug-likeness (QED) is 0.285. The largest absolute Gasteiger partial charge is 0.504 e. The van der Waals surface area contributed by atoms with E-state index in [9.17, 15) is 15.3 Å². The van der Waals surface area contributed by atoms with Gasteiger partial charge < -0.3 is 15.3 Å². The summed E-state index contributed by atoms with van der Waals surface area (Å²) in [5, 5.41) is 30.5. The van der Waals surface area contributed by atoms with E-state index in [1.807, 2.05) is 6.07 Å². The van der Waals surface area contributed by atoms with Gasteiger partial charge >= 0.3 is 0 Å². The van der Waals surface area contributed by atoms with Crippen molar-refractivity contribution in [1.82, 2.24) is 0 Å². The molecule has 27 heavy (non-hydrogen) atoms. The zero-order chi connectivity index (χ0) is 19.5. The van der Waals surface area contributed by atoms with Crippen molar-refractivity contribution in [2.75, 3.05) is 0 Å². The van der Waals surface area contributed by atoms with Crippen LogP contribution >= 0.6 is 0 Å². The van der Waals surface area contributed by atoms with Gasteiger partial charge in [0, 0.05) is 0 Å². The number of hydrogen-bond acceptors (Lipinski definition) is 3. The third-order valence-electron chi connectivity index (χ3n) is 7.07. The summed E-state index contributed by atoms with van der Waals surface area (Å²) in [6, 6.07) is 1.91. The first-order valence-electron chi connectivity index (χ1n) is 11.1. The predicted molar refractivity (Wildman–Crippen MR) is 110 cm³/mol. The summed E-state index contributed by atoms with van der Waals surface area (Å²) in [6.45, 7) is 4.74. The number of phenolic OH excluding ortho intramolecular Hbond substituents is 3. The number of aryl methyl sites for hydroxylation is 2. The van der Waals surface area contributed by atoms with Gasteiger partial charge in [-0.05, 0) is 92.2 Å². The monoisotopic (exact) mass is 374 g/mol. The molecule has 1 aromatic carbocycles. The Labute approximate surface area is 164 Å². The molecule has 0 aromatic heterocycles. The standard InChI is InChI=1S/C24H38O3/c1-23(13-14-23)11-7-3-5-9-18-17-19(21(26)22(27)20(18)25)10-6-4-8-12-24(2)15-16-24/h17,25-27H,3-16H2,1-2H3. The van der Waals surface area contributed by atoms with E-state index < -0.39 is 0 Å². The molecule has 2 fully saturated rings. The molecule has 0 atom stereocenters. The summed E-state index contributed by atoms with van der Waals surface area (Å²) in [5.74, 6) is -0.599. The summed E-state index contributed by atoms with van der Waals surface area (Å²) in [7, 11) is 0. The molecule has 0 bridgehead atoms. The highest BCUT2D eigenvalue weighted by Gasteiger charge is 2.36. The fraction of sp³-hybridized carbons (Fsp3) is 0.750. The molecule has 0 heterocycles. The normalized spacial score (nSPS) is 19.2. The fourth-order valence-electron chi connectivity index (χ4n) is 4.16. The van der Waals surface area contributed by atoms with Gasteiger partial charge in [0.15, 0.2) is 11.5 Å². The van der Waals surface area contributed by atoms with Gasteiger partial charge in [-0.2, -0.15) is 0 Å². The lowest BCUT2D eigenvalue weighted by Gasteiger charge is -2.13. The Morgan fingerprint density at radius 1 is 0.630 bits per heavy atom. The van der Waals surface area contributed by atoms with Crippen LogP contribution in [0.15, 0.2) is 6.07 Å². The molecule has 3 rings (SSSR count). The lowest BCUT2D eigenvalue weighted by atomic mass is 9.95. The van der Waals surface area contributed by atoms with Gasteiger partial charge in [-0.3, -0.25) is 0 Å². The molecule has 152 valence electrons. The molecule has 1 aromatic rings. The van der Waals surface area contributed by atoms with Gasteiger partial charge in [0.05, 0.1) is 0 Å². The van der Waals surface area contributed by atoms with E-state index in [1.54, 1.807) is 0 Å². The van der Waals surface area contributed by atoms with E-state index in [1.165, 1.54) is 51.4 Å². The maximum atomic E-state index is 10.2. The molecule has 2 saturated carbocycles. The summed E-state index contributed by atoms with van der Waals surface area (Å²) < 4.78 is 0. The molecular weight excluding hydrogens is 336 g/mol. The molecule has 2 aliphatic rings. The maximum absolute atomic E-state index is 10.2. The third kappa shape index (κ3) is 5.80. The summed E-state index contributed by atoms with van der Waals surface area (Å²) in [4.78, 5) is 0. The van der Waals surface area contributed by atoms with Gasteiger partial charge in [-0.25, -0.2) is 0 Å². The Balaban J connectivity index is 1.44. The molecule has 0 radical (unpaired) electrons. The van der Waals surface area contributed by atoms with E-state index in [4.69, 9.17) is 0 Å². The Morgan fingerprint density at radius 2 is 1.04 bits per heavy atom. The second-order valence-corrected chi connectivity index (χ2v) is 9.98. The minimum Gasteiger partial charge on any atom is -0.504 e. The topological polar surface area (TPSA) is 60.7 Å². The van der Waals surface area contributed by atoms with Crippen LogP contribution in [0.4, 0.5) is 0 Å². The highest BCUT2D eigenvalue weighted by Crippen LogP contribution is 2.50. The molecule has 0 saturated heterocycles. The number of benzene rings is 1. The van der Waals surface area contributed by atoms with E-state index in [0.717, 1.165) is 49.7 Å². The summed E-state index contributed by atoms with van der Waals surface area (Å²) >= 11 is 0. The minimum absolute atomic E-state index is 0.132. The van der Waals surface area contributed by atoms with Crippen molar-refractivity contribution in [2.45, 2.75) is 104 Å². The summed E-state index contributed by atoms with van der Waals surface area (Å²) in [5.41, 5.74) is 2.79. The van der Waals surface area contributed by atoms with Crippen LogP contribution in [0.25, 0.3) is 0 Å². The molecule has 3 N–H and O–H groups in total. The van der Waals surface area contributed by atoms with Crippen molar-refractivity contribution in [3.05, 3.63) is 17.2 Å². The first-order chi connectivity index (χ1) is 12.8. The molecule has 3 heteroatoms. The molecule has 0 spiro atoms. The summed E-state index contributed by atoms with van der Waals surface area (Å²) in [6.07, 6.45) is 16.5. The van der Waals surface area contributed by atoms with Crippen LogP contribution in [0.2, 0.25) is 0 Å². The lowest BCUT2D eigenvalue weighted by Crippen LogP contribution is -1.96. The number of phenols is 3. The number of hydrogen-bond donors (Lipinski definition) is 3. The van der Waals surface area contributed by atoms with Crippen LogP contribution in [0.1, 0.15) is 102 Å². The van der Waals surface area contributed by atoms with Gasteiger partial charge in [0.25, 0.3) is 0 Å². The molecule has 0 unspecified atom stereocenters. The Hall–Kier alpha value is -1.38. The predicted octanol–water partition coefficient (Wildman–Crippen LogP) is 6.61. The molecule has 3 nitrogen and oxygen atoms in total. The van der Waals surface area contributed by atoms with Crippen molar-refractivity contribution < 1.29 is 15.3 Å². The van der Waals surface area contributed by atoms with Crippen molar-refractivity contribution in [2.24, 2.45) is 10.8 Å². The zero-order valence-corrected chi connectivity index (χ0v) is 17.3. The van der Waals surface area contributed by atoms with Crippen molar-refractivity contribution >= 4 is 0 Å². The third-order valence-corrected chi connectivity index (χ3v) is 7.07. The number of aromatic hydroxyl groups is 3. The maximum Gasteiger partial charge on any atom is 0.200 e. The van der Waals surface area contributed by atoms with Crippen LogP contribution < -0.4 is 0 Å². The number of rotatable bonds is 12. The average Bonchev–Trinajstić information content (AvgIpc) is 3.55. The lowest BCUT2D eigenvalue weighted by molar-refractivity contribution is 0.361. The van der Waals surface area contributed by atoms with Crippen LogP contribution in [0.3, 0.4) is 0 Å². The van der Waals surface area contributed by atoms with Crippen molar-refractivity contribution in [1.29, 1.82) is 0 Å². The second-order valence-electron chi connectivity index (χ2n) is 9.98. The Kier molecular flexibility index (Phi) is 6.28. The zero-order valence-electron chi connectivity index (χ0n) is 17.3. The van der Waals surface area contributed by atoms with Crippen LogP contribution in [0.5, 0.6) is 17.2 Å². The Bertz CT molecular complexity index is 589. The first kappa shape index (κ1) is 20.4. The van der Waals surface area contributed by atoms with Gasteiger partial charge in [-0.15, -0.1) is 0 Å². The van der Waals surface area contributed by atoms with Crippen molar-refractivity contribution in [3.63, 3.8) is 0 Å². The van der Waals surface area contributed by atoms with Crippen molar-refractivity contribution in [3.8, 4) is 17.2 Å². The first-order valence-corrected chi connectivity index (χ1v) is 11.1. The van der Waals surface area contributed by atoms with E-state index in [-0.39, 0.29) is 17.2 Å². The smallest absolute Gasteiger partial charge is 0.200 e. The SMILES string of the molecule is CC1(CCCCCc2cc(CCCCCC3(C)CC3)c(O)c(O)c2O)CC1. The molecule has 0 amide bonds. The van der Waals surface area contributed by atoms with Crippen LogP contribution in [-0.4, -0.2) is 15.3 Å².